The summed E-state index contributed by atoms with van der Waals surface area (Å²) < 4.78 is 27.8. The Balaban J connectivity index is 2.78. The lowest BCUT2D eigenvalue weighted by molar-refractivity contribution is 0.192. The van der Waals surface area contributed by atoms with Crippen LogP contribution in [0.15, 0.2) is 22.8 Å². The van der Waals surface area contributed by atoms with Crippen molar-refractivity contribution < 1.29 is 12.8 Å². The van der Waals surface area contributed by atoms with Crippen molar-refractivity contribution in [3.8, 4) is 0 Å². The Morgan fingerprint density at radius 2 is 2.17 bits per heavy atom. The average Bonchev–Trinajstić information content (AvgIpc) is 2.79. The standard InChI is InChI=1S/C12H22N2O3S/c1-4-10(13)12(11-6-5-8-17-11)14(2)7-9-18(3,15)16/h5-6,8,10,12H,4,7,9,13H2,1-3H3. The summed E-state index contributed by atoms with van der Waals surface area (Å²) in [6.45, 7) is 2.45. The molecule has 0 aliphatic rings. The molecule has 5 nitrogen and oxygen atoms in total. The van der Waals surface area contributed by atoms with Crippen LogP contribution in [-0.2, 0) is 9.84 Å². The molecule has 0 aliphatic carbocycles. The van der Waals surface area contributed by atoms with Crippen LogP contribution < -0.4 is 5.73 Å². The number of sulfone groups is 1. The van der Waals surface area contributed by atoms with Gasteiger partial charge in [0.2, 0.25) is 0 Å². The normalized spacial score (nSPS) is 15.8. The molecule has 6 heteroatoms. The Kier molecular flexibility index (Phi) is 5.37. The van der Waals surface area contributed by atoms with Gasteiger partial charge in [-0.05, 0) is 25.6 Å². The number of hydrogen-bond donors (Lipinski definition) is 1. The number of likely N-dealkylation sites (N-methyl/N-ethyl adjacent to an activating group) is 1. The van der Waals surface area contributed by atoms with Crippen LogP contribution >= 0.6 is 0 Å². The van der Waals surface area contributed by atoms with Gasteiger partial charge in [0.1, 0.15) is 15.6 Å². The van der Waals surface area contributed by atoms with Gasteiger partial charge in [-0.2, -0.15) is 0 Å². The molecule has 0 amide bonds. The molecule has 0 spiro atoms. The molecule has 1 rings (SSSR count). The van der Waals surface area contributed by atoms with Gasteiger partial charge in [0.15, 0.2) is 0 Å². The topological polar surface area (TPSA) is 76.5 Å². The van der Waals surface area contributed by atoms with Crippen LogP contribution in [0.2, 0.25) is 0 Å². The fourth-order valence-electron chi connectivity index (χ4n) is 1.89. The van der Waals surface area contributed by atoms with Crippen molar-refractivity contribution >= 4 is 9.84 Å². The van der Waals surface area contributed by atoms with E-state index in [0.717, 1.165) is 12.2 Å². The number of rotatable bonds is 7. The zero-order valence-electron chi connectivity index (χ0n) is 11.2. The van der Waals surface area contributed by atoms with E-state index in [2.05, 4.69) is 0 Å². The first-order chi connectivity index (χ1) is 8.35. The SMILES string of the molecule is CCC(N)C(c1ccco1)N(C)CCS(C)(=O)=O. The van der Waals surface area contributed by atoms with Gasteiger partial charge in [-0.3, -0.25) is 4.90 Å². The van der Waals surface area contributed by atoms with Gasteiger partial charge in [0.25, 0.3) is 0 Å². The van der Waals surface area contributed by atoms with Crippen molar-refractivity contribution in [3.05, 3.63) is 24.2 Å². The average molecular weight is 274 g/mol. The highest BCUT2D eigenvalue weighted by molar-refractivity contribution is 7.90. The van der Waals surface area contributed by atoms with E-state index in [-0.39, 0.29) is 17.8 Å². The molecule has 2 N–H and O–H groups in total. The van der Waals surface area contributed by atoms with Gasteiger partial charge in [0, 0.05) is 18.8 Å². The maximum absolute atomic E-state index is 11.2. The van der Waals surface area contributed by atoms with Crippen molar-refractivity contribution in [2.24, 2.45) is 5.73 Å². The third-order valence-electron chi connectivity index (χ3n) is 3.00. The van der Waals surface area contributed by atoms with E-state index in [4.69, 9.17) is 10.2 Å². The summed E-state index contributed by atoms with van der Waals surface area (Å²) in [6, 6.07) is 3.51. The summed E-state index contributed by atoms with van der Waals surface area (Å²) in [7, 11) is -1.10. The summed E-state index contributed by atoms with van der Waals surface area (Å²) >= 11 is 0. The third kappa shape index (κ3) is 4.44. The quantitative estimate of drug-likeness (QED) is 0.803. The minimum absolute atomic E-state index is 0.0827. The predicted molar refractivity (Wildman–Crippen MR) is 72.1 cm³/mol. The van der Waals surface area contributed by atoms with Gasteiger partial charge in [-0.25, -0.2) is 8.42 Å². The van der Waals surface area contributed by atoms with E-state index >= 15 is 0 Å². The molecule has 0 saturated carbocycles. The van der Waals surface area contributed by atoms with Gasteiger partial charge >= 0.3 is 0 Å². The van der Waals surface area contributed by atoms with Crippen LogP contribution in [0, 0.1) is 0 Å². The first-order valence-corrected chi connectivity index (χ1v) is 8.08. The molecule has 0 radical (unpaired) electrons. The van der Waals surface area contributed by atoms with Crippen molar-refractivity contribution in [1.29, 1.82) is 0 Å². The monoisotopic (exact) mass is 274 g/mol. The Labute approximate surface area is 109 Å². The molecule has 0 aliphatic heterocycles. The first-order valence-electron chi connectivity index (χ1n) is 6.02. The Morgan fingerprint density at radius 3 is 2.61 bits per heavy atom. The molecule has 2 atom stereocenters. The number of nitrogens with two attached hydrogens (primary N) is 1. The minimum atomic E-state index is -2.97. The molecular weight excluding hydrogens is 252 g/mol. The van der Waals surface area contributed by atoms with Crippen LogP contribution in [0.25, 0.3) is 0 Å². The lowest BCUT2D eigenvalue weighted by atomic mass is 10.0. The Bertz CT molecular complexity index is 442. The zero-order chi connectivity index (χ0) is 13.8. The second-order valence-corrected chi connectivity index (χ2v) is 6.90. The van der Waals surface area contributed by atoms with Crippen LogP contribution in [-0.4, -0.2) is 45.0 Å². The van der Waals surface area contributed by atoms with Gasteiger partial charge in [-0.1, -0.05) is 6.92 Å². The highest BCUT2D eigenvalue weighted by Crippen LogP contribution is 2.24. The minimum Gasteiger partial charge on any atom is -0.468 e. The zero-order valence-corrected chi connectivity index (χ0v) is 12.0. The fraction of sp³-hybridized carbons (Fsp3) is 0.667. The molecule has 1 aromatic rings. The third-order valence-corrected chi connectivity index (χ3v) is 3.93. The lowest BCUT2D eigenvalue weighted by Gasteiger charge is -2.30. The van der Waals surface area contributed by atoms with E-state index in [1.165, 1.54) is 6.26 Å². The maximum atomic E-state index is 11.2. The van der Waals surface area contributed by atoms with E-state index in [1.54, 1.807) is 6.26 Å². The van der Waals surface area contributed by atoms with Crippen LogP contribution in [0.4, 0.5) is 0 Å². The highest BCUT2D eigenvalue weighted by Gasteiger charge is 2.25. The Hall–Kier alpha value is -0.850. The van der Waals surface area contributed by atoms with Crippen molar-refractivity contribution in [2.45, 2.75) is 25.4 Å². The number of hydrogen-bond acceptors (Lipinski definition) is 5. The molecule has 0 aromatic carbocycles. The van der Waals surface area contributed by atoms with Crippen LogP contribution in [0.1, 0.15) is 25.1 Å². The molecular formula is C12H22N2O3S. The maximum Gasteiger partial charge on any atom is 0.148 e. The van der Waals surface area contributed by atoms with E-state index in [9.17, 15) is 8.42 Å². The summed E-state index contributed by atoms with van der Waals surface area (Å²) in [5, 5.41) is 0. The largest absolute Gasteiger partial charge is 0.468 e. The second kappa shape index (κ2) is 6.36. The molecule has 0 fully saturated rings. The fourth-order valence-corrected chi connectivity index (χ4v) is 2.51. The molecule has 2 unspecified atom stereocenters. The van der Waals surface area contributed by atoms with Crippen molar-refractivity contribution in [3.63, 3.8) is 0 Å². The molecule has 18 heavy (non-hydrogen) atoms. The molecule has 0 saturated heterocycles. The van der Waals surface area contributed by atoms with Gasteiger partial charge < -0.3 is 10.2 Å². The first kappa shape index (κ1) is 15.2. The summed E-state index contributed by atoms with van der Waals surface area (Å²) in [5.41, 5.74) is 6.10. The molecule has 104 valence electrons. The number of furan rings is 1. The summed E-state index contributed by atoms with van der Waals surface area (Å²) in [5.74, 6) is 0.900. The van der Waals surface area contributed by atoms with E-state index in [0.29, 0.717) is 6.54 Å². The smallest absolute Gasteiger partial charge is 0.148 e. The predicted octanol–water partition coefficient (Wildman–Crippen LogP) is 1.03. The van der Waals surface area contributed by atoms with E-state index < -0.39 is 9.84 Å². The molecule has 1 heterocycles. The Morgan fingerprint density at radius 1 is 1.50 bits per heavy atom. The number of nitrogens with zero attached hydrogens (tertiary/aromatic N) is 1. The highest BCUT2D eigenvalue weighted by atomic mass is 32.2. The van der Waals surface area contributed by atoms with Crippen LogP contribution in [0.3, 0.4) is 0 Å². The van der Waals surface area contributed by atoms with Crippen molar-refractivity contribution in [2.75, 3.05) is 25.6 Å². The molecule has 1 aromatic heterocycles. The van der Waals surface area contributed by atoms with Gasteiger partial charge in [0.05, 0.1) is 18.1 Å². The van der Waals surface area contributed by atoms with E-state index in [1.807, 2.05) is 31.0 Å². The van der Waals surface area contributed by atoms with Crippen LogP contribution in [0.5, 0.6) is 0 Å². The summed E-state index contributed by atoms with van der Waals surface area (Å²) in [4.78, 5) is 1.94. The van der Waals surface area contributed by atoms with Gasteiger partial charge in [-0.15, -0.1) is 0 Å². The lowest BCUT2D eigenvalue weighted by Crippen LogP contribution is -2.40. The summed E-state index contributed by atoms with van der Waals surface area (Å²) in [6.07, 6.45) is 3.65. The second-order valence-electron chi connectivity index (χ2n) is 4.64. The molecule has 0 bridgehead atoms. The van der Waals surface area contributed by atoms with Crippen molar-refractivity contribution in [1.82, 2.24) is 4.90 Å².